The first-order chi connectivity index (χ1) is 7.56. The summed E-state index contributed by atoms with van der Waals surface area (Å²) in [6, 6.07) is 0. The van der Waals surface area contributed by atoms with E-state index in [-0.39, 0.29) is 0 Å². The number of imidazole rings is 1. The second-order valence-electron chi connectivity index (χ2n) is 4.09. The number of rotatable bonds is 2. The second-order valence-corrected chi connectivity index (χ2v) is 4.09. The fourth-order valence-electron chi connectivity index (χ4n) is 2.02. The lowest BCUT2D eigenvalue weighted by Gasteiger charge is -2.29. The molecule has 0 aromatic carbocycles. The van der Waals surface area contributed by atoms with Gasteiger partial charge in [-0.2, -0.15) is 0 Å². The van der Waals surface area contributed by atoms with Gasteiger partial charge < -0.3 is 14.8 Å². The van der Waals surface area contributed by atoms with E-state index in [0.717, 1.165) is 41.8 Å². The molecule has 86 valence electrons. The van der Waals surface area contributed by atoms with Crippen molar-refractivity contribution < 1.29 is 0 Å². The van der Waals surface area contributed by atoms with Crippen LogP contribution in [0.25, 0.3) is 5.70 Å². The summed E-state index contributed by atoms with van der Waals surface area (Å²) in [5.74, 6) is 2.79. The fourth-order valence-corrected chi connectivity index (χ4v) is 2.02. The average molecular weight is 218 g/mol. The van der Waals surface area contributed by atoms with Gasteiger partial charge in [-0.1, -0.05) is 20.1 Å². The molecule has 0 spiro atoms. The maximum absolute atomic E-state index is 4.58. The maximum Gasteiger partial charge on any atom is 0.162 e. The van der Waals surface area contributed by atoms with Crippen LogP contribution in [0.2, 0.25) is 0 Å². The molecule has 0 radical (unpaired) electrons. The summed E-state index contributed by atoms with van der Waals surface area (Å²) in [6.45, 7) is 13.1. The Kier molecular flexibility index (Phi) is 2.50. The van der Waals surface area contributed by atoms with E-state index in [1.807, 2.05) is 18.9 Å². The third-order valence-electron chi connectivity index (χ3n) is 2.89. The molecule has 1 aromatic heterocycles. The minimum absolute atomic E-state index is 0.818. The molecule has 0 aliphatic carbocycles. The van der Waals surface area contributed by atoms with Crippen molar-refractivity contribution in [1.82, 2.24) is 14.9 Å². The highest BCUT2D eigenvalue weighted by Gasteiger charge is 2.25. The lowest BCUT2D eigenvalue weighted by Crippen LogP contribution is -2.32. The second kappa shape index (κ2) is 3.70. The zero-order chi connectivity index (χ0) is 11.9. The summed E-state index contributed by atoms with van der Waals surface area (Å²) >= 11 is 0. The number of hydrogen-bond acceptors (Lipinski definition) is 3. The quantitative estimate of drug-likeness (QED) is 0.825. The summed E-state index contributed by atoms with van der Waals surface area (Å²) in [4.78, 5) is 6.54. The van der Waals surface area contributed by atoms with E-state index in [1.165, 1.54) is 0 Å². The first kappa shape index (κ1) is 10.8. The molecular formula is C12H18N4. The van der Waals surface area contributed by atoms with Crippen LogP contribution in [0.4, 0.5) is 5.82 Å². The van der Waals surface area contributed by atoms with Gasteiger partial charge in [0.15, 0.2) is 5.82 Å². The van der Waals surface area contributed by atoms with Crippen LogP contribution in [-0.4, -0.2) is 16.6 Å². The molecule has 1 aromatic rings. The number of anilines is 1. The largest absolute Gasteiger partial charge is 0.341 e. The van der Waals surface area contributed by atoms with E-state index in [4.69, 9.17) is 0 Å². The van der Waals surface area contributed by atoms with Gasteiger partial charge in [0.1, 0.15) is 17.3 Å². The Hall–Kier alpha value is -1.71. The molecule has 0 saturated carbocycles. The Morgan fingerprint density at radius 1 is 1.38 bits per heavy atom. The molecule has 0 atom stereocenters. The van der Waals surface area contributed by atoms with Crippen molar-refractivity contribution in [2.45, 2.75) is 26.8 Å². The SMILES string of the molecule is C=C1NC(=C)N(C)c2nc(C)n(CCC)c21. The highest BCUT2D eigenvalue weighted by Crippen LogP contribution is 2.31. The van der Waals surface area contributed by atoms with E-state index >= 15 is 0 Å². The lowest BCUT2D eigenvalue weighted by atomic mass is 10.2. The molecule has 1 aliphatic rings. The highest BCUT2D eigenvalue weighted by molar-refractivity contribution is 5.76. The average Bonchev–Trinajstić information content (AvgIpc) is 2.54. The minimum Gasteiger partial charge on any atom is -0.341 e. The normalized spacial score (nSPS) is 15.1. The third-order valence-corrected chi connectivity index (χ3v) is 2.89. The van der Waals surface area contributed by atoms with Crippen molar-refractivity contribution >= 4 is 11.5 Å². The first-order valence-corrected chi connectivity index (χ1v) is 5.52. The number of aryl methyl sites for hydroxylation is 1. The van der Waals surface area contributed by atoms with Crippen LogP contribution in [0, 0.1) is 6.92 Å². The van der Waals surface area contributed by atoms with Crippen LogP contribution in [-0.2, 0) is 6.54 Å². The summed E-state index contributed by atoms with van der Waals surface area (Å²) < 4.78 is 2.20. The third kappa shape index (κ3) is 1.41. The molecule has 16 heavy (non-hydrogen) atoms. The zero-order valence-electron chi connectivity index (χ0n) is 10.2. The van der Waals surface area contributed by atoms with Gasteiger partial charge in [0.2, 0.25) is 0 Å². The number of aromatic nitrogens is 2. The molecule has 4 heteroatoms. The van der Waals surface area contributed by atoms with Gasteiger partial charge in [0.05, 0.1) is 5.70 Å². The standard InChI is InChI=1S/C12H18N4/c1-6-7-16-10(4)14-12-11(16)8(2)13-9(3)15(12)5/h13H,2-3,6-7H2,1,4-5H3. The van der Waals surface area contributed by atoms with Crippen molar-refractivity contribution in [1.29, 1.82) is 0 Å². The van der Waals surface area contributed by atoms with Crippen LogP contribution in [0.1, 0.15) is 24.9 Å². The van der Waals surface area contributed by atoms with Gasteiger partial charge >= 0.3 is 0 Å². The van der Waals surface area contributed by atoms with E-state index in [1.54, 1.807) is 0 Å². The summed E-state index contributed by atoms with van der Waals surface area (Å²) in [5.41, 5.74) is 1.96. The molecule has 2 heterocycles. The number of nitrogens with zero attached hydrogens (tertiary/aromatic N) is 3. The van der Waals surface area contributed by atoms with Crippen LogP contribution >= 0.6 is 0 Å². The predicted octanol–water partition coefficient (Wildman–Crippen LogP) is 2.08. The van der Waals surface area contributed by atoms with Gasteiger partial charge in [-0.25, -0.2) is 4.98 Å². The molecule has 0 saturated heterocycles. The predicted molar refractivity (Wildman–Crippen MR) is 67.0 cm³/mol. The van der Waals surface area contributed by atoms with Crippen molar-refractivity contribution in [2.24, 2.45) is 0 Å². The highest BCUT2D eigenvalue weighted by atomic mass is 15.3. The number of nitrogens with one attached hydrogen (secondary N) is 1. The van der Waals surface area contributed by atoms with Crippen LogP contribution in [0.3, 0.4) is 0 Å². The Labute approximate surface area is 96.3 Å². The topological polar surface area (TPSA) is 33.1 Å². The Bertz CT molecular complexity index is 456. The summed E-state index contributed by atoms with van der Waals surface area (Å²) in [5, 5.41) is 3.17. The van der Waals surface area contributed by atoms with Gasteiger partial charge in [0, 0.05) is 13.6 Å². The van der Waals surface area contributed by atoms with E-state index < -0.39 is 0 Å². The molecule has 1 N–H and O–H groups in total. The zero-order valence-corrected chi connectivity index (χ0v) is 10.2. The smallest absolute Gasteiger partial charge is 0.162 e. The van der Waals surface area contributed by atoms with Crippen molar-refractivity contribution in [3.05, 3.63) is 30.5 Å². The summed E-state index contributed by atoms with van der Waals surface area (Å²) in [6.07, 6.45) is 1.08. The monoisotopic (exact) mass is 218 g/mol. The van der Waals surface area contributed by atoms with Gasteiger partial charge in [-0.15, -0.1) is 0 Å². The molecule has 1 aliphatic heterocycles. The Morgan fingerprint density at radius 2 is 2.06 bits per heavy atom. The van der Waals surface area contributed by atoms with Crippen molar-refractivity contribution in [2.75, 3.05) is 11.9 Å². The molecule has 4 nitrogen and oxygen atoms in total. The number of fused-ring (bicyclic) bond motifs is 1. The van der Waals surface area contributed by atoms with Crippen LogP contribution in [0.15, 0.2) is 19.0 Å². The molecule has 2 rings (SSSR count). The molecule has 0 amide bonds. The van der Waals surface area contributed by atoms with Gasteiger partial charge in [-0.05, 0) is 13.3 Å². The van der Waals surface area contributed by atoms with Gasteiger partial charge in [0.25, 0.3) is 0 Å². The Morgan fingerprint density at radius 3 is 2.69 bits per heavy atom. The van der Waals surface area contributed by atoms with Crippen LogP contribution < -0.4 is 10.2 Å². The van der Waals surface area contributed by atoms with Crippen molar-refractivity contribution in [3.63, 3.8) is 0 Å². The van der Waals surface area contributed by atoms with Crippen molar-refractivity contribution in [3.8, 4) is 0 Å². The van der Waals surface area contributed by atoms with Gasteiger partial charge in [-0.3, -0.25) is 0 Å². The van der Waals surface area contributed by atoms with E-state index in [0.29, 0.717) is 0 Å². The number of hydrogen-bond donors (Lipinski definition) is 1. The van der Waals surface area contributed by atoms with E-state index in [2.05, 4.69) is 34.9 Å². The maximum atomic E-state index is 4.58. The molecule has 0 fully saturated rings. The Balaban J connectivity index is 2.57. The summed E-state index contributed by atoms with van der Waals surface area (Å²) in [7, 11) is 1.96. The van der Waals surface area contributed by atoms with Crippen LogP contribution in [0.5, 0.6) is 0 Å². The molecule has 0 bridgehead atoms. The molecular weight excluding hydrogens is 200 g/mol. The first-order valence-electron chi connectivity index (χ1n) is 5.52. The lowest BCUT2D eigenvalue weighted by molar-refractivity contribution is 0.647. The van der Waals surface area contributed by atoms with E-state index in [9.17, 15) is 0 Å². The molecule has 0 unspecified atom stereocenters. The fraction of sp³-hybridized carbons (Fsp3) is 0.417. The minimum atomic E-state index is 0.818.